The molecule has 2 atom stereocenters. The van der Waals surface area contributed by atoms with Crippen molar-refractivity contribution in [2.75, 3.05) is 50.2 Å². The van der Waals surface area contributed by atoms with Crippen molar-refractivity contribution in [2.45, 2.75) is 31.5 Å². The topological polar surface area (TPSA) is 128 Å². The van der Waals surface area contributed by atoms with Crippen LogP contribution in [0.3, 0.4) is 0 Å². The van der Waals surface area contributed by atoms with Gasteiger partial charge in [-0.1, -0.05) is 18.2 Å². The molecule has 0 saturated carbocycles. The molecule has 6 aromatic rings. The van der Waals surface area contributed by atoms with E-state index in [0.29, 0.717) is 74.4 Å². The number of halogens is 1. The molecule has 254 valence electrons. The summed E-state index contributed by atoms with van der Waals surface area (Å²) in [5.74, 6) is 1.57. The fourth-order valence-corrected chi connectivity index (χ4v) is 7.21. The number of benzene rings is 2. The lowest BCUT2D eigenvalue weighted by Crippen LogP contribution is -2.45. The molecule has 2 saturated heterocycles. The first-order chi connectivity index (χ1) is 24.5. The number of nitrogens with zero attached hydrogens (tertiary/aromatic N) is 9. The molecule has 4 aromatic heterocycles. The zero-order valence-electron chi connectivity index (χ0n) is 27.4. The number of hydrogen-bond donors (Lipinski definition) is 1. The summed E-state index contributed by atoms with van der Waals surface area (Å²) >= 11 is 0. The Bertz CT molecular complexity index is 2230. The number of pyridine rings is 1. The van der Waals surface area contributed by atoms with E-state index >= 15 is 4.39 Å². The number of anilines is 2. The van der Waals surface area contributed by atoms with Gasteiger partial charge in [0.2, 0.25) is 5.91 Å². The maximum Gasteiger partial charge on any atom is 0.245 e. The molecular weight excluding hydrogens is 639 g/mol. The smallest absolute Gasteiger partial charge is 0.245 e. The van der Waals surface area contributed by atoms with Crippen molar-refractivity contribution in [3.05, 3.63) is 79.3 Å². The van der Waals surface area contributed by atoms with Gasteiger partial charge in [0.25, 0.3) is 0 Å². The fourth-order valence-electron chi connectivity index (χ4n) is 7.21. The largest absolute Gasteiger partial charge is 0.493 e. The Morgan fingerprint density at radius 2 is 1.96 bits per heavy atom. The number of aryl methyl sites for hydroxylation is 1. The van der Waals surface area contributed by atoms with Crippen LogP contribution in [0.15, 0.2) is 73.4 Å². The van der Waals surface area contributed by atoms with E-state index in [1.54, 1.807) is 23.2 Å². The van der Waals surface area contributed by atoms with Gasteiger partial charge >= 0.3 is 0 Å². The molecule has 1 amide bonds. The molecule has 7 heterocycles. The number of likely N-dealkylation sites (N-methyl/N-ethyl adjacent to an activating group) is 1. The van der Waals surface area contributed by atoms with Crippen molar-refractivity contribution in [3.63, 3.8) is 0 Å². The van der Waals surface area contributed by atoms with Crippen molar-refractivity contribution in [1.29, 1.82) is 0 Å². The van der Waals surface area contributed by atoms with Crippen LogP contribution in [0.4, 0.5) is 16.0 Å². The Morgan fingerprint density at radius 3 is 2.82 bits per heavy atom. The Labute approximate surface area is 286 Å². The molecule has 2 fully saturated rings. The summed E-state index contributed by atoms with van der Waals surface area (Å²) in [4.78, 5) is 36.8. The molecule has 0 aliphatic carbocycles. The number of hydrogen-bond acceptors (Lipinski definition) is 10. The molecule has 14 heteroatoms. The van der Waals surface area contributed by atoms with Gasteiger partial charge in [-0.15, -0.1) is 0 Å². The molecule has 50 heavy (non-hydrogen) atoms. The quantitative estimate of drug-likeness (QED) is 0.283. The van der Waals surface area contributed by atoms with Gasteiger partial charge in [0.1, 0.15) is 35.4 Å². The van der Waals surface area contributed by atoms with E-state index in [-0.39, 0.29) is 17.6 Å². The van der Waals surface area contributed by atoms with Crippen LogP contribution in [-0.4, -0.2) is 97.1 Å². The third-order valence-electron chi connectivity index (χ3n) is 9.83. The summed E-state index contributed by atoms with van der Waals surface area (Å²) in [5, 5.41) is 8.76. The standard InChI is InChI=1S/C36H35FN10O3/c1-44-11-4-12-45-21-40-29-7-2-5-25(33(29)45)28-6-3-8-32(43-28)42-23-13-31(36(44)48)46(16-23)34-26-15-41-47(35(26)39-20-38-34)30-10-9-24(14-27(30)37)50-19-22-17-49-18-22/h2-3,5-10,14-15,20-23,31H,4,11-13,16-19H2,1H3,(H,42,43)/t23-,31-/m0/s1. The van der Waals surface area contributed by atoms with Gasteiger partial charge in [0, 0.05) is 50.3 Å². The molecule has 0 spiro atoms. The number of nitrogens with one attached hydrogen (secondary N) is 1. The highest BCUT2D eigenvalue weighted by atomic mass is 19.1. The number of carbonyl (C=O) groups is 1. The van der Waals surface area contributed by atoms with E-state index in [0.717, 1.165) is 34.5 Å². The average Bonchev–Trinajstić information content (AvgIpc) is 3.84. The van der Waals surface area contributed by atoms with E-state index < -0.39 is 11.9 Å². The first kappa shape index (κ1) is 30.4. The van der Waals surface area contributed by atoms with Gasteiger partial charge in [-0.25, -0.2) is 29.0 Å². The zero-order chi connectivity index (χ0) is 33.8. The maximum absolute atomic E-state index is 15.5. The van der Waals surface area contributed by atoms with Crippen LogP contribution in [0.5, 0.6) is 5.75 Å². The molecule has 1 N–H and O–H groups in total. The molecule has 9 rings (SSSR count). The van der Waals surface area contributed by atoms with E-state index in [9.17, 15) is 4.79 Å². The van der Waals surface area contributed by atoms with Gasteiger partial charge in [-0.05, 0) is 43.2 Å². The first-order valence-electron chi connectivity index (χ1n) is 16.9. The Morgan fingerprint density at radius 1 is 1.06 bits per heavy atom. The lowest BCUT2D eigenvalue weighted by molar-refractivity contribution is -0.131. The van der Waals surface area contributed by atoms with Crippen LogP contribution in [0.2, 0.25) is 0 Å². The second-order valence-corrected chi connectivity index (χ2v) is 13.2. The number of carbonyl (C=O) groups excluding carboxylic acids is 1. The lowest BCUT2D eigenvalue weighted by atomic mass is 10.1. The Hall–Kier alpha value is -5.63. The van der Waals surface area contributed by atoms with Gasteiger partial charge < -0.3 is 29.2 Å². The summed E-state index contributed by atoms with van der Waals surface area (Å²) < 4.78 is 30.1. The molecule has 0 radical (unpaired) electrons. The van der Waals surface area contributed by atoms with Crippen LogP contribution >= 0.6 is 0 Å². The Kier molecular flexibility index (Phi) is 7.52. The second kappa shape index (κ2) is 12.4. The highest BCUT2D eigenvalue weighted by Crippen LogP contribution is 2.34. The van der Waals surface area contributed by atoms with Crippen molar-refractivity contribution in [1.82, 2.24) is 39.2 Å². The van der Waals surface area contributed by atoms with Crippen molar-refractivity contribution < 1.29 is 18.7 Å². The zero-order valence-corrected chi connectivity index (χ0v) is 27.4. The molecule has 3 aliphatic rings. The molecular formula is C36H35FN10O3. The number of fused-ring (bicyclic) bond motifs is 6. The normalized spacial score (nSPS) is 19.7. The average molecular weight is 675 g/mol. The van der Waals surface area contributed by atoms with Gasteiger partial charge in [0.15, 0.2) is 11.5 Å². The monoisotopic (exact) mass is 674 g/mol. The van der Waals surface area contributed by atoms with Crippen molar-refractivity contribution in [3.8, 4) is 22.7 Å². The third-order valence-corrected chi connectivity index (χ3v) is 9.83. The summed E-state index contributed by atoms with van der Waals surface area (Å²) in [7, 11) is 1.85. The van der Waals surface area contributed by atoms with Crippen molar-refractivity contribution in [2.24, 2.45) is 5.92 Å². The number of imidazole rings is 1. The third kappa shape index (κ3) is 5.35. The SMILES string of the molecule is CN1CCCn2cnc3cccc(c32)-c2cccc(n2)N[C@H]2C[C@@H](C1=O)N(c1ncnc3c1cnn3-c1ccc(OCC3COC3)cc1F)C2. The first-order valence-corrected chi connectivity index (χ1v) is 16.9. The second-order valence-electron chi connectivity index (χ2n) is 13.2. The molecule has 0 unspecified atom stereocenters. The molecule has 2 aromatic carbocycles. The van der Waals surface area contributed by atoms with Crippen LogP contribution in [0.25, 0.3) is 39.0 Å². The predicted octanol–water partition coefficient (Wildman–Crippen LogP) is 4.31. The van der Waals surface area contributed by atoms with Gasteiger partial charge in [-0.3, -0.25) is 4.79 Å². The summed E-state index contributed by atoms with van der Waals surface area (Å²) in [6, 6.07) is 16.2. The number of para-hydroxylation sites is 1. The highest BCUT2D eigenvalue weighted by Gasteiger charge is 2.40. The number of amides is 1. The summed E-state index contributed by atoms with van der Waals surface area (Å²) in [6.07, 6.45) is 6.23. The minimum atomic E-state index is -0.501. The number of ether oxygens (including phenoxy) is 2. The van der Waals surface area contributed by atoms with Crippen LogP contribution < -0.4 is 15.0 Å². The number of rotatable bonds is 5. The van der Waals surface area contributed by atoms with E-state index in [1.807, 2.05) is 48.6 Å². The Balaban J connectivity index is 1.05. The van der Waals surface area contributed by atoms with Crippen LogP contribution in [0.1, 0.15) is 12.8 Å². The maximum atomic E-state index is 15.5. The fraction of sp³-hybridized carbons (Fsp3) is 0.333. The molecule has 3 aliphatic heterocycles. The van der Waals surface area contributed by atoms with Gasteiger partial charge in [-0.2, -0.15) is 5.10 Å². The van der Waals surface area contributed by atoms with E-state index in [4.69, 9.17) is 14.5 Å². The minimum Gasteiger partial charge on any atom is -0.493 e. The predicted molar refractivity (Wildman–Crippen MR) is 185 cm³/mol. The highest BCUT2D eigenvalue weighted by molar-refractivity contribution is 5.93. The molecule has 4 bridgehead atoms. The van der Waals surface area contributed by atoms with Crippen molar-refractivity contribution >= 4 is 39.6 Å². The van der Waals surface area contributed by atoms with Gasteiger partial charge in [0.05, 0.1) is 54.5 Å². The summed E-state index contributed by atoms with van der Waals surface area (Å²) in [6.45, 7) is 3.55. The molecule has 13 nitrogen and oxygen atoms in total. The van der Waals surface area contributed by atoms with E-state index in [2.05, 4.69) is 36.0 Å². The lowest BCUT2D eigenvalue weighted by Gasteiger charge is -2.29. The van der Waals surface area contributed by atoms with E-state index in [1.165, 1.54) is 17.1 Å². The van der Waals surface area contributed by atoms with Crippen LogP contribution in [-0.2, 0) is 16.1 Å². The summed E-state index contributed by atoms with van der Waals surface area (Å²) in [5.41, 5.74) is 4.48. The van der Waals surface area contributed by atoms with Crippen LogP contribution in [0, 0.1) is 11.7 Å². The number of aromatic nitrogens is 7. The minimum absolute atomic E-state index is 0.00342.